The zero-order valence-electron chi connectivity index (χ0n) is 11.5. The van der Waals surface area contributed by atoms with Crippen LogP contribution in [-0.4, -0.2) is 20.9 Å². The molecule has 0 saturated carbocycles. The molecule has 106 valence electrons. The molecule has 1 heterocycles. The Kier molecular flexibility index (Phi) is 4.45. The molecule has 5 heteroatoms. The van der Waals surface area contributed by atoms with Crippen molar-refractivity contribution in [2.75, 3.05) is 0 Å². The molecule has 0 aliphatic heterocycles. The molecule has 0 radical (unpaired) electrons. The van der Waals surface area contributed by atoms with Crippen LogP contribution in [0.4, 0.5) is 0 Å². The van der Waals surface area contributed by atoms with Crippen molar-refractivity contribution in [1.82, 2.24) is 9.78 Å². The van der Waals surface area contributed by atoms with Crippen LogP contribution < -0.4 is 0 Å². The van der Waals surface area contributed by atoms with Crippen molar-refractivity contribution in [3.63, 3.8) is 0 Å². The average molecular weight is 293 g/mol. The van der Waals surface area contributed by atoms with Gasteiger partial charge in [-0.3, -0.25) is 9.48 Å². The average Bonchev–Trinajstić information content (AvgIpc) is 2.78. The molecule has 0 atom stereocenters. The zero-order valence-corrected chi connectivity index (χ0v) is 12.3. The van der Waals surface area contributed by atoms with E-state index in [0.29, 0.717) is 10.9 Å². The van der Waals surface area contributed by atoms with Crippen LogP contribution in [0.15, 0.2) is 30.6 Å². The van der Waals surface area contributed by atoms with Crippen molar-refractivity contribution in [2.45, 2.75) is 26.8 Å². The summed E-state index contributed by atoms with van der Waals surface area (Å²) >= 11 is 6.20. The summed E-state index contributed by atoms with van der Waals surface area (Å²) in [5, 5.41) is 13.8. The number of nitrogens with zero attached hydrogens (tertiary/aromatic N) is 2. The molecule has 0 aliphatic rings. The zero-order chi connectivity index (χ0) is 14.7. The smallest absolute Gasteiger partial charge is 0.307 e. The molecule has 0 amide bonds. The minimum Gasteiger partial charge on any atom is -0.481 e. The SMILES string of the molecule is CC(C)Cn1cc(-c2cc(CC(=O)O)ccc2Cl)cn1. The number of aliphatic carboxylic acids is 1. The first-order valence-corrected chi connectivity index (χ1v) is 6.86. The molecule has 1 N–H and O–H groups in total. The molecule has 0 saturated heterocycles. The number of halogens is 1. The number of carboxylic acids is 1. The largest absolute Gasteiger partial charge is 0.481 e. The molecule has 2 rings (SSSR count). The van der Waals surface area contributed by atoms with Gasteiger partial charge in [-0.15, -0.1) is 0 Å². The van der Waals surface area contributed by atoms with Gasteiger partial charge in [-0.2, -0.15) is 5.10 Å². The van der Waals surface area contributed by atoms with E-state index in [4.69, 9.17) is 16.7 Å². The maximum Gasteiger partial charge on any atom is 0.307 e. The van der Waals surface area contributed by atoms with E-state index in [0.717, 1.165) is 23.2 Å². The number of rotatable bonds is 5. The lowest BCUT2D eigenvalue weighted by atomic mass is 10.0. The predicted molar refractivity (Wildman–Crippen MR) is 78.9 cm³/mol. The van der Waals surface area contributed by atoms with E-state index in [1.807, 2.05) is 16.9 Å². The van der Waals surface area contributed by atoms with Crippen LogP contribution in [0.2, 0.25) is 5.02 Å². The van der Waals surface area contributed by atoms with Gasteiger partial charge in [0.25, 0.3) is 0 Å². The van der Waals surface area contributed by atoms with Crippen LogP contribution in [0.1, 0.15) is 19.4 Å². The fraction of sp³-hybridized carbons (Fsp3) is 0.333. The molecule has 1 aromatic heterocycles. The van der Waals surface area contributed by atoms with Gasteiger partial charge in [0.05, 0.1) is 12.6 Å². The highest BCUT2D eigenvalue weighted by atomic mass is 35.5. The first kappa shape index (κ1) is 14.6. The summed E-state index contributed by atoms with van der Waals surface area (Å²) in [6.07, 6.45) is 3.68. The summed E-state index contributed by atoms with van der Waals surface area (Å²) in [7, 11) is 0. The summed E-state index contributed by atoms with van der Waals surface area (Å²) in [6, 6.07) is 5.28. The van der Waals surface area contributed by atoms with Crippen molar-refractivity contribution < 1.29 is 9.90 Å². The molecule has 1 aromatic carbocycles. The Morgan fingerprint density at radius 1 is 1.45 bits per heavy atom. The second-order valence-corrected chi connectivity index (χ2v) is 5.64. The van der Waals surface area contributed by atoms with Gasteiger partial charge < -0.3 is 5.11 Å². The van der Waals surface area contributed by atoms with Gasteiger partial charge in [0.2, 0.25) is 0 Å². The van der Waals surface area contributed by atoms with E-state index in [-0.39, 0.29) is 6.42 Å². The van der Waals surface area contributed by atoms with Crippen LogP contribution >= 0.6 is 11.6 Å². The Morgan fingerprint density at radius 3 is 2.85 bits per heavy atom. The summed E-state index contributed by atoms with van der Waals surface area (Å²) in [5.41, 5.74) is 2.46. The van der Waals surface area contributed by atoms with Crippen LogP contribution in [0, 0.1) is 5.92 Å². The monoisotopic (exact) mass is 292 g/mol. The number of carbonyl (C=O) groups is 1. The Bertz CT molecular complexity index is 620. The Balaban J connectivity index is 2.31. The summed E-state index contributed by atoms with van der Waals surface area (Å²) in [5.74, 6) is -0.342. The van der Waals surface area contributed by atoms with Gasteiger partial charge in [-0.1, -0.05) is 31.5 Å². The fourth-order valence-electron chi connectivity index (χ4n) is 2.05. The van der Waals surface area contributed by atoms with Crippen LogP contribution in [0.3, 0.4) is 0 Å². The number of carboxylic acid groups (broad SMARTS) is 1. The molecular weight excluding hydrogens is 276 g/mol. The van der Waals surface area contributed by atoms with Gasteiger partial charge in [0, 0.05) is 28.9 Å². The van der Waals surface area contributed by atoms with Gasteiger partial charge >= 0.3 is 5.97 Å². The highest BCUT2D eigenvalue weighted by molar-refractivity contribution is 6.33. The van der Waals surface area contributed by atoms with Crippen molar-refractivity contribution in [2.24, 2.45) is 5.92 Å². The number of hydrogen-bond donors (Lipinski definition) is 1. The molecular formula is C15H17ClN2O2. The van der Waals surface area contributed by atoms with Gasteiger partial charge in [-0.05, 0) is 23.6 Å². The second-order valence-electron chi connectivity index (χ2n) is 5.23. The van der Waals surface area contributed by atoms with Crippen molar-refractivity contribution >= 4 is 17.6 Å². The van der Waals surface area contributed by atoms with Crippen LogP contribution in [0.25, 0.3) is 11.1 Å². The lowest BCUT2D eigenvalue weighted by Gasteiger charge is -2.05. The molecule has 4 nitrogen and oxygen atoms in total. The lowest BCUT2D eigenvalue weighted by molar-refractivity contribution is -0.136. The normalized spacial score (nSPS) is 11.0. The first-order valence-electron chi connectivity index (χ1n) is 6.48. The van der Waals surface area contributed by atoms with Gasteiger partial charge in [0.15, 0.2) is 0 Å². The molecule has 0 spiro atoms. The van der Waals surface area contributed by atoms with E-state index in [1.165, 1.54) is 0 Å². The van der Waals surface area contributed by atoms with Crippen LogP contribution in [-0.2, 0) is 17.8 Å². The van der Waals surface area contributed by atoms with E-state index < -0.39 is 5.97 Å². The highest BCUT2D eigenvalue weighted by Crippen LogP contribution is 2.29. The fourth-order valence-corrected chi connectivity index (χ4v) is 2.28. The number of benzene rings is 1. The Hall–Kier alpha value is -1.81. The predicted octanol–water partition coefficient (Wildman–Crippen LogP) is 3.49. The molecule has 0 bridgehead atoms. The Morgan fingerprint density at radius 2 is 2.20 bits per heavy atom. The van der Waals surface area contributed by atoms with E-state index >= 15 is 0 Å². The molecule has 0 aliphatic carbocycles. The minimum atomic E-state index is -0.853. The third-order valence-corrected chi connectivity index (χ3v) is 3.21. The van der Waals surface area contributed by atoms with E-state index in [9.17, 15) is 4.79 Å². The third kappa shape index (κ3) is 3.61. The van der Waals surface area contributed by atoms with Gasteiger partial charge in [-0.25, -0.2) is 0 Å². The standard InChI is InChI=1S/C15H17ClN2O2/c1-10(2)8-18-9-12(7-17-18)13-5-11(6-15(19)20)3-4-14(13)16/h3-5,7,9-10H,6,8H2,1-2H3,(H,19,20). The van der Waals surface area contributed by atoms with Crippen molar-refractivity contribution in [1.29, 1.82) is 0 Å². The lowest BCUT2D eigenvalue weighted by Crippen LogP contribution is -2.04. The molecule has 0 fully saturated rings. The number of aromatic nitrogens is 2. The Labute approximate surface area is 123 Å². The molecule has 2 aromatic rings. The topological polar surface area (TPSA) is 55.1 Å². The highest BCUT2D eigenvalue weighted by Gasteiger charge is 2.10. The summed E-state index contributed by atoms with van der Waals surface area (Å²) in [4.78, 5) is 10.8. The molecule has 0 unspecified atom stereocenters. The number of hydrogen-bond acceptors (Lipinski definition) is 2. The summed E-state index contributed by atoms with van der Waals surface area (Å²) < 4.78 is 1.88. The van der Waals surface area contributed by atoms with Crippen molar-refractivity contribution in [3.05, 3.63) is 41.2 Å². The van der Waals surface area contributed by atoms with Gasteiger partial charge in [0.1, 0.15) is 0 Å². The van der Waals surface area contributed by atoms with Crippen LogP contribution in [0.5, 0.6) is 0 Å². The summed E-state index contributed by atoms with van der Waals surface area (Å²) in [6.45, 7) is 5.09. The van der Waals surface area contributed by atoms with Crippen molar-refractivity contribution in [3.8, 4) is 11.1 Å². The maximum absolute atomic E-state index is 10.8. The molecule has 20 heavy (non-hydrogen) atoms. The van der Waals surface area contributed by atoms with E-state index in [2.05, 4.69) is 18.9 Å². The minimum absolute atomic E-state index is 0.00962. The first-order chi connectivity index (χ1) is 9.45. The maximum atomic E-state index is 10.8. The quantitative estimate of drug-likeness (QED) is 0.918. The third-order valence-electron chi connectivity index (χ3n) is 2.88. The second kappa shape index (κ2) is 6.09. The van der Waals surface area contributed by atoms with E-state index in [1.54, 1.807) is 18.3 Å².